The van der Waals surface area contributed by atoms with Crippen molar-refractivity contribution in [3.05, 3.63) is 60.0 Å². The lowest BCUT2D eigenvalue weighted by atomic mass is 9.94. The fraction of sp³-hybridized carbons (Fsp3) is 0.524. The molecule has 2 atom stereocenters. The molecule has 0 bridgehead atoms. The van der Waals surface area contributed by atoms with Crippen LogP contribution in [0.3, 0.4) is 0 Å². The summed E-state index contributed by atoms with van der Waals surface area (Å²) >= 11 is 0. The Balaban J connectivity index is 0.785. The number of nitrogens with one attached hydrogen (secondary N) is 2. The van der Waals surface area contributed by atoms with Gasteiger partial charge < -0.3 is 29.9 Å². The third-order valence-corrected chi connectivity index (χ3v) is 13.3. The summed E-state index contributed by atoms with van der Waals surface area (Å²) in [5.41, 5.74) is 5.35. The average Bonchev–Trinajstić information content (AvgIpc) is 3.51. The lowest BCUT2D eigenvalue weighted by Crippen LogP contribution is -2.66. The minimum absolute atomic E-state index is 0.0217. The molecule has 14 heteroatoms. The van der Waals surface area contributed by atoms with Gasteiger partial charge in [0.2, 0.25) is 17.8 Å². The van der Waals surface area contributed by atoms with Crippen molar-refractivity contribution in [1.29, 1.82) is 0 Å². The number of carbonyl (C=O) groups is 3. The zero-order valence-corrected chi connectivity index (χ0v) is 32.6. The van der Waals surface area contributed by atoms with Crippen LogP contribution in [0.5, 0.6) is 0 Å². The number of piperidine rings is 1. The van der Waals surface area contributed by atoms with Crippen molar-refractivity contribution in [2.24, 2.45) is 0 Å². The summed E-state index contributed by atoms with van der Waals surface area (Å²) in [5, 5.41) is 7.15. The average molecular weight is 758 g/mol. The first-order valence-electron chi connectivity index (χ1n) is 20.5. The fourth-order valence-electron chi connectivity index (χ4n) is 10.2. The third-order valence-electron chi connectivity index (χ3n) is 13.3. The number of nitrogens with zero attached hydrogens (tertiary/aromatic N) is 9. The lowest BCUT2D eigenvalue weighted by Gasteiger charge is -2.52. The van der Waals surface area contributed by atoms with Gasteiger partial charge in [0.25, 0.3) is 5.91 Å². The van der Waals surface area contributed by atoms with E-state index in [1.165, 1.54) is 5.69 Å². The van der Waals surface area contributed by atoms with Crippen LogP contribution in [0.15, 0.2) is 48.8 Å². The number of anilines is 5. The minimum atomic E-state index is -0.461. The first-order valence-corrected chi connectivity index (χ1v) is 20.5. The first-order chi connectivity index (χ1) is 27.2. The van der Waals surface area contributed by atoms with Gasteiger partial charge in [0.15, 0.2) is 0 Å². The second-order valence-electron chi connectivity index (χ2n) is 17.0. The molecule has 56 heavy (non-hydrogen) atoms. The molecular weight excluding hydrogens is 707 g/mol. The molecule has 4 aromatic rings. The van der Waals surface area contributed by atoms with E-state index in [1.54, 1.807) is 25.2 Å². The standard InChI is InChI=1S/C42H51N11O3/c1-26-23-49(31-10-6-11-32-36(31)42(15-16-42)40(56)53(32)33-12-7-17-43-38(33)54)18-19-51(26)30-24-50(25-30)29-13-14-35(44-22-29)46-41-45-21-27-20-34(39(55)48(2)3)52(37(27)47-41)28-8-4-5-9-28/h6,10-11,13-14,20-22,26,28,30,33H,4-5,7-9,12,15-19,23-25H2,1-3H3,(H,43,54)(H,44,45,46,47)/t26-,33?/m1/s1. The Labute approximate surface area is 327 Å². The van der Waals surface area contributed by atoms with Crippen LogP contribution in [0.2, 0.25) is 0 Å². The largest absolute Gasteiger partial charge is 0.368 e. The van der Waals surface area contributed by atoms with E-state index in [9.17, 15) is 14.4 Å². The Morgan fingerprint density at radius 1 is 0.911 bits per heavy atom. The summed E-state index contributed by atoms with van der Waals surface area (Å²) in [5.74, 6) is 1.21. The van der Waals surface area contributed by atoms with Crippen LogP contribution in [0.25, 0.3) is 11.0 Å². The highest BCUT2D eigenvalue weighted by Crippen LogP contribution is 2.61. The van der Waals surface area contributed by atoms with Crippen LogP contribution in [0.1, 0.15) is 80.4 Å². The first kappa shape index (κ1) is 35.2. The van der Waals surface area contributed by atoms with E-state index >= 15 is 0 Å². The van der Waals surface area contributed by atoms with Gasteiger partial charge in [-0.2, -0.15) is 4.98 Å². The van der Waals surface area contributed by atoms with Gasteiger partial charge in [0.05, 0.1) is 23.0 Å². The monoisotopic (exact) mass is 757 g/mol. The lowest BCUT2D eigenvalue weighted by molar-refractivity contribution is -0.128. The van der Waals surface area contributed by atoms with Gasteiger partial charge in [-0.15, -0.1) is 0 Å². The summed E-state index contributed by atoms with van der Waals surface area (Å²) in [7, 11) is 3.57. The molecule has 0 radical (unpaired) electrons. The van der Waals surface area contributed by atoms with E-state index in [0.29, 0.717) is 42.5 Å². The Hall–Kier alpha value is -5.24. The van der Waals surface area contributed by atoms with E-state index in [-0.39, 0.29) is 23.8 Å². The van der Waals surface area contributed by atoms with Gasteiger partial charge in [0, 0.05) is 94.3 Å². The van der Waals surface area contributed by atoms with Gasteiger partial charge in [-0.1, -0.05) is 18.9 Å². The third kappa shape index (κ3) is 5.69. The molecular formula is C42H51N11O3. The fourth-order valence-corrected chi connectivity index (χ4v) is 10.2. The van der Waals surface area contributed by atoms with Crippen molar-refractivity contribution in [2.45, 2.75) is 87.9 Å². The molecule has 7 heterocycles. The molecule has 5 fully saturated rings. The molecule has 292 valence electrons. The highest BCUT2D eigenvalue weighted by atomic mass is 16.2. The van der Waals surface area contributed by atoms with Gasteiger partial charge in [-0.3, -0.25) is 24.2 Å². The predicted molar refractivity (Wildman–Crippen MR) is 216 cm³/mol. The minimum Gasteiger partial charge on any atom is -0.368 e. The summed E-state index contributed by atoms with van der Waals surface area (Å²) in [4.78, 5) is 65.1. The molecule has 2 aliphatic carbocycles. The number of benzene rings is 1. The topological polar surface area (TPSA) is 135 Å². The Morgan fingerprint density at radius 3 is 2.43 bits per heavy atom. The molecule has 4 aliphatic heterocycles. The highest BCUT2D eigenvalue weighted by Gasteiger charge is 2.62. The summed E-state index contributed by atoms with van der Waals surface area (Å²) in [6, 6.07) is 13.0. The van der Waals surface area contributed by atoms with Crippen LogP contribution < -0.4 is 25.3 Å². The van der Waals surface area contributed by atoms with E-state index in [0.717, 1.165) is 106 Å². The smallest absolute Gasteiger partial charge is 0.270 e. The van der Waals surface area contributed by atoms with Crippen molar-refractivity contribution in [3.8, 4) is 0 Å². The number of fused-ring (bicyclic) bond motifs is 3. The SMILES string of the molecule is C[C@@H]1CN(c2cccc3c2C2(CC2)C(=O)N3C2CCCNC2=O)CCN1C1CN(c2ccc(Nc3ncc4cc(C(=O)N(C)C)n(C5CCCC5)c4n3)nc2)C1. The summed E-state index contributed by atoms with van der Waals surface area (Å²) in [6.07, 6.45) is 11.4. The molecule has 6 aliphatic rings. The molecule has 1 unspecified atom stereocenters. The molecule has 3 saturated heterocycles. The second-order valence-corrected chi connectivity index (χ2v) is 17.0. The number of carbonyl (C=O) groups excluding carboxylic acids is 3. The normalized spacial score (nSPS) is 23.8. The molecule has 2 N–H and O–H groups in total. The number of aromatic nitrogens is 4. The van der Waals surface area contributed by atoms with E-state index in [1.807, 2.05) is 23.2 Å². The zero-order chi connectivity index (χ0) is 38.3. The Kier molecular flexibility index (Phi) is 8.46. The van der Waals surface area contributed by atoms with Gasteiger partial charge >= 0.3 is 0 Å². The van der Waals surface area contributed by atoms with Gasteiger partial charge in [-0.05, 0) is 75.8 Å². The van der Waals surface area contributed by atoms with Crippen LogP contribution in [-0.4, -0.2) is 119 Å². The molecule has 14 nitrogen and oxygen atoms in total. The van der Waals surface area contributed by atoms with E-state index < -0.39 is 11.5 Å². The Morgan fingerprint density at radius 2 is 1.71 bits per heavy atom. The maximum atomic E-state index is 13.9. The van der Waals surface area contributed by atoms with Crippen LogP contribution >= 0.6 is 0 Å². The number of pyridine rings is 1. The maximum Gasteiger partial charge on any atom is 0.270 e. The summed E-state index contributed by atoms with van der Waals surface area (Å²) < 4.78 is 2.13. The van der Waals surface area contributed by atoms with Crippen molar-refractivity contribution in [1.82, 2.24) is 34.6 Å². The molecule has 10 rings (SSSR count). The highest BCUT2D eigenvalue weighted by molar-refractivity contribution is 6.15. The molecule has 2 saturated carbocycles. The molecule has 1 aromatic carbocycles. The second kappa shape index (κ2) is 13.5. The van der Waals surface area contributed by atoms with Crippen molar-refractivity contribution in [2.75, 3.05) is 73.4 Å². The quantitative estimate of drug-likeness (QED) is 0.266. The van der Waals surface area contributed by atoms with Crippen LogP contribution in [-0.2, 0) is 15.0 Å². The molecule has 3 aromatic heterocycles. The van der Waals surface area contributed by atoms with Crippen molar-refractivity contribution in [3.63, 3.8) is 0 Å². The summed E-state index contributed by atoms with van der Waals surface area (Å²) in [6.45, 7) is 7.66. The van der Waals surface area contributed by atoms with Gasteiger partial charge in [-0.25, -0.2) is 9.97 Å². The number of hydrogen-bond donors (Lipinski definition) is 2. The predicted octanol–water partition coefficient (Wildman–Crippen LogP) is 4.44. The van der Waals surface area contributed by atoms with E-state index in [4.69, 9.17) is 9.97 Å². The van der Waals surface area contributed by atoms with Gasteiger partial charge in [0.1, 0.15) is 23.2 Å². The zero-order valence-electron chi connectivity index (χ0n) is 32.6. The molecule has 3 amide bonds. The molecule has 1 spiro atoms. The van der Waals surface area contributed by atoms with E-state index in [2.05, 4.69) is 66.1 Å². The number of hydrogen-bond acceptors (Lipinski definition) is 10. The van der Waals surface area contributed by atoms with Crippen LogP contribution in [0.4, 0.5) is 28.8 Å². The van der Waals surface area contributed by atoms with Crippen molar-refractivity contribution >= 4 is 57.6 Å². The van der Waals surface area contributed by atoms with Crippen LogP contribution in [0, 0.1) is 0 Å². The number of piperazine rings is 1. The number of amides is 3. The van der Waals surface area contributed by atoms with Crippen molar-refractivity contribution < 1.29 is 14.4 Å². The maximum absolute atomic E-state index is 13.9. The number of rotatable bonds is 8. The Bertz CT molecular complexity index is 2200.